The van der Waals surface area contributed by atoms with E-state index in [9.17, 15) is 4.39 Å². The Labute approximate surface area is 93.9 Å². The van der Waals surface area contributed by atoms with Crippen molar-refractivity contribution in [1.29, 1.82) is 0 Å². The van der Waals surface area contributed by atoms with Gasteiger partial charge in [0.2, 0.25) is 0 Å². The van der Waals surface area contributed by atoms with Gasteiger partial charge in [0, 0.05) is 17.1 Å². The maximum atomic E-state index is 13.1. The van der Waals surface area contributed by atoms with E-state index in [-0.39, 0.29) is 5.82 Å². The standard InChI is InChI=1S/C13H13FN2/c1-9-6-10(14)8-13(7-9)16-12-4-2-11(15)3-5-12/h2-8,16H,15H2,1H3. The fourth-order valence-electron chi connectivity index (χ4n) is 1.54. The Morgan fingerprint density at radius 3 is 2.31 bits per heavy atom. The van der Waals surface area contributed by atoms with Crippen LogP contribution in [0.1, 0.15) is 5.56 Å². The molecule has 2 nitrogen and oxygen atoms in total. The Kier molecular flexibility index (Phi) is 2.77. The monoisotopic (exact) mass is 216 g/mol. The molecule has 0 saturated carbocycles. The van der Waals surface area contributed by atoms with Crippen LogP contribution in [0, 0.1) is 12.7 Å². The smallest absolute Gasteiger partial charge is 0.125 e. The molecule has 0 spiro atoms. The highest BCUT2D eigenvalue weighted by Gasteiger charge is 1.98. The van der Waals surface area contributed by atoms with Gasteiger partial charge in [0.25, 0.3) is 0 Å². The van der Waals surface area contributed by atoms with Crippen molar-refractivity contribution in [1.82, 2.24) is 0 Å². The van der Waals surface area contributed by atoms with Crippen LogP contribution in [0.4, 0.5) is 21.5 Å². The maximum absolute atomic E-state index is 13.1. The van der Waals surface area contributed by atoms with Crippen molar-refractivity contribution in [3.05, 3.63) is 53.8 Å². The lowest BCUT2D eigenvalue weighted by Gasteiger charge is -2.07. The fraction of sp³-hybridized carbons (Fsp3) is 0.0769. The van der Waals surface area contributed by atoms with Gasteiger partial charge in [-0.2, -0.15) is 0 Å². The second-order valence-electron chi connectivity index (χ2n) is 3.76. The minimum absolute atomic E-state index is 0.238. The summed E-state index contributed by atoms with van der Waals surface area (Å²) in [7, 11) is 0. The molecule has 0 bridgehead atoms. The van der Waals surface area contributed by atoms with Crippen LogP contribution in [0.25, 0.3) is 0 Å². The summed E-state index contributed by atoms with van der Waals surface area (Å²) < 4.78 is 13.1. The summed E-state index contributed by atoms with van der Waals surface area (Å²) >= 11 is 0. The largest absolute Gasteiger partial charge is 0.399 e. The van der Waals surface area contributed by atoms with E-state index < -0.39 is 0 Å². The third-order valence-corrected chi connectivity index (χ3v) is 2.24. The topological polar surface area (TPSA) is 38.0 Å². The number of hydrogen-bond acceptors (Lipinski definition) is 2. The number of nitrogen functional groups attached to an aromatic ring is 1. The van der Waals surface area contributed by atoms with Gasteiger partial charge in [-0.05, 0) is 55.0 Å². The van der Waals surface area contributed by atoms with Crippen LogP contribution in [-0.4, -0.2) is 0 Å². The van der Waals surface area contributed by atoms with Crippen molar-refractivity contribution in [2.45, 2.75) is 6.92 Å². The van der Waals surface area contributed by atoms with E-state index in [1.165, 1.54) is 12.1 Å². The Morgan fingerprint density at radius 2 is 1.69 bits per heavy atom. The van der Waals surface area contributed by atoms with Crippen molar-refractivity contribution < 1.29 is 4.39 Å². The highest BCUT2D eigenvalue weighted by atomic mass is 19.1. The summed E-state index contributed by atoms with van der Waals surface area (Å²) in [5.74, 6) is -0.238. The molecule has 16 heavy (non-hydrogen) atoms. The molecule has 0 aliphatic rings. The Balaban J connectivity index is 2.23. The van der Waals surface area contributed by atoms with Crippen LogP contribution in [0.3, 0.4) is 0 Å². The molecular formula is C13H13FN2. The zero-order valence-electron chi connectivity index (χ0n) is 9.00. The van der Waals surface area contributed by atoms with Crippen LogP contribution in [-0.2, 0) is 0 Å². The van der Waals surface area contributed by atoms with Crippen LogP contribution in [0.15, 0.2) is 42.5 Å². The molecule has 0 radical (unpaired) electrons. The summed E-state index contributed by atoms with van der Waals surface area (Å²) in [5.41, 5.74) is 8.80. The van der Waals surface area contributed by atoms with E-state index in [1.807, 2.05) is 25.1 Å². The molecule has 82 valence electrons. The molecule has 0 aliphatic carbocycles. The first-order valence-electron chi connectivity index (χ1n) is 5.03. The third-order valence-electron chi connectivity index (χ3n) is 2.24. The maximum Gasteiger partial charge on any atom is 0.125 e. The number of anilines is 3. The molecule has 0 aromatic heterocycles. The molecule has 3 heteroatoms. The van der Waals surface area contributed by atoms with E-state index in [0.717, 1.165) is 16.9 Å². The summed E-state index contributed by atoms with van der Waals surface area (Å²) in [6, 6.07) is 12.2. The normalized spacial score (nSPS) is 10.1. The Bertz CT molecular complexity index is 472. The molecular weight excluding hydrogens is 203 g/mol. The number of rotatable bonds is 2. The van der Waals surface area contributed by atoms with E-state index in [1.54, 1.807) is 12.1 Å². The quantitative estimate of drug-likeness (QED) is 0.754. The van der Waals surface area contributed by atoms with Crippen molar-refractivity contribution >= 4 is 17.1 Å². The first-order valence-corrected chi connectivity index (χ1v) is 5.03. The minimum Gasteiger partial charge on any atom is -0.399 e. The van der Waals surface area contributed by atoms with Crippen molar-refractivity contribution in [2.75, 3.05) is 11.1 Å². The van der Waals surface area contributed by atoms with Gasteiger partial charge in [0.1, 0.15) is 5.82 Å². The lowest BCUT2D eigenvalue weighted by atomic mass is 10.2. The van der Waals surface area contributed by atoms with Gasteiger partial charge in [-0.3, -0.25) is 0 Å². The molecule has 2 aromatic rings. The molecule has 0 saturated heterocycles. The SMILES string of the molecule is Cc1cc(F)cc(Nc2ccc(N)cc2)c1. The van der Waals surface area contributed by atoms with Crippen LogP contribution in [0.2, 0.25) is 0 Å². The van der Waals surface area contributed by atoms with Gasteiger partial charge < -0.3 is 11.1 Å². The van der Waals surface area contributed by atoms with E-state index in [2.05, 4.69) is 5.32 Å². The van der Waals surface area contributed by atoms with E-state index in [4.69, 9.17) is 5.73 Å². The van der Waals surface area contributed by atoms with Crippen molar-refractivity contribution in [2.24, 2.45) is 0 Å². The molecule has 2 rings (SSSR count). The number of halogens is 1. The number of nitrogens with two attached hydrogens (primary N) is 1. The average molecular weight is 216 g/mol. The fourth-order valence-corrected chi connectivity index (χ4v) is 1.54. The van der Waals surface area contributed by atoms with E-state index in [0.29, 0.717) is 5.69 Å². The zero-order valence-corrected chi connectivity index (χ0v) is 9.00. The predicted molar refractivity (Wildman–Crippen MR) is 65.3 cm³/mol. The zero-order chi connectivity index (χ0) is 11.5. The molecule has 0 fully saturated rings. The molecule has 0 aliphatic heterocycles. The predicted octanol–water partition coefficient (Wildman–Crippen LogP) is 3.46. The lowest BCUT2D eigenvalue weighted by Crippen LogP contribution is -1.92. The highest BCUT2D eigenvalue weighted by Crippen LogP contribution is 2.19. The highest BCUT2D eigenvalue weighted by molar-refractivity contribution is 5.62. The summed E-state index contributed by atoms with van der Waals surface area (Å²) in [5, 5.41) is 3.12. The lowest BCUT2D eigenvalue weighted by molar-refractivity contribution is 0.627. The molecule has 0 atom stereocenters. The van der Waals surface area contributed by atoms with Gasteiger partial charge in [-0.25, -0.2) is 4.39 Å². The number of hydrogen-bond donors (Lipinski definition) is 2. The molecule has 3 N–H and O–H groups in total. The molecule has 0 unspecified atom stereocenters. The summed E-state index contributed by atoms with van der Waals surface area (Å²) in [6.07, 6.45) is 0. The van der Waals surface area contributed by atoms with Crippen LogP contribution in [0.5, 0.6) is 0 Å². The second-order valence-corrected chi connectivity index (χ2v) is 3.76. The first kappa shape index (κ1) is 10.5. The third kappa shape index (κ3) is 2.51. The van der Waals surface area contributed by atoms with Crippen molar-refractivity contribution in [3.63, 3.8) is 0 Å². The summed E-state index contributed by atoms with van der Waals surface area (Å²) in [6.45, 7) is 1.86. The van der Waals surface area contributed by atoms with Gasteiger partial charge in [0.15, 0.2) is 0 Å². The van der Waals surface area contributed by atoms with Crippen molar-refractivity contribution in [3.8, 4) is 0 Å². The van der Waals surface area contributed by atoms with E-state index >= 15 is 0 Å². The number of nitrogens with one attached hydrogen (secondary N) is 1. The van der Waals surface area contributed by atoms with Gasteiger partial charge in [-0.1, -0.05) is 0 Å². The number of benzene rings is 2. The van der Waals surface area contributed by atoms with Gasteiger partial charge in [0.05, 0.1) is 0 Å². The summed E-state index contributed by atoms with van der Waals surface area (Å²) in [4.78, 5) is 0. The Morgan fingerprint density at radius 1 is 1.00 bits per heavy atom. The van der Waals surface area contributed by atoms with Gasteiger partial charge in [-0.15, -0.1) is 0 Å². The van der Waals surface area contributed by atoms with Gasteiger partial charge >= 0.3 is 0 Å². The second kappa shape index (κ2) is 4.23. The molecule has 0 heterocycles. The Hall–Kier alpha value is -2.03. The molecule has 2 aromatic carbocycles. The first-order chi connectivity index (χ1) is 7.63. The van der Waals surface area contributed by atoms with Crippen LogP contribution < -0.4 is 11.1 Å². The minimum atomic E-state index is -0.238. The number of aryl methyl sites for hydroxylation is 1. The van der Waals surface area contributed by atoms with Crippen LogP contribution >= 0.6 is 0 Å². The molecule has 0 amide bonds. The average Bonchev–Trinajstić information content (AvgIpc) is 2.20.